The zero-order valence-corrected chi connectivity index (χ0v) is 13.8. The van der Waals surface area contributed by atoms with Gasteiger partial charge in [0.25, 0.3) is 10.0 Å². The minimum atomic E-state index is -3.60. The molecule has 23 heavy (non-hydrogen) atoms. The van der Waals surface area contributed by atoms with Gasteiger partial charge in [-0.2, -0.15) is 4.31 Å². The molecule has 0 amide bonds. The van der Waals surface area contributed by atoms with Crippen molar-refractivity contribution in [3.63, 3.8) is 0 Å². The van der Waals surface area contributed by atoms with Crippen molar-refractivity contribution in [2.75, 3.05) is 13.1 Å². The van der Waals surface area contributed by atoms with Crippen LogP contribution in [0.4, 0.5) is 4.39 Å². The van der Waals surface area contributed by atoms with E-state index in [-0.39, 0.29) is 10.8 Å². The fourth-order valence-electron chi connectivity index (χ4n) is 2.72. The molecule has 6 heteroatoms. The van der Waals surface area contributed by atoms with E-state index in [1.807, 2.05) is 0 Å². The van der Waals surface area contributed by atoms with Crippen LogP contribution in [-0.2, 0) is 10.0 Å². The van der Waals surface area contributed by atoms with E-state index in [0.29, 0.717) is 30.3 Å². The maximum absolute atomic E-state index is 13.4. The summed E-state index contributed by atoms with van der Waals surface area (Å²) in [6, 6.07) is 10.8. The molecule has 0 radical (unpaired) electrons. The van der Waals surface area contributed by atoms with Gasteiger partial charge in [0.15, 0.2) is 5.03 Å². The van der Waals surface area contributed by atoms with E-state index in [0.717, 1.165) is 12.8 Å². The van der Waals surface area contributed by atoms with Gasteiger partial charge in [-0.15, -0.1) is 0 Å². The lowest BCUT2D eigenvalue weighted by Gasteiger charge is -2.29. The lowest BCUT2D eigenvalue weighted by molar-refractivity contribution is 0.287. The average Bonchev–Trinajstić information content (AvgIpc) is 2.55. The standard InChI is InChI=1S/C17H19FN2O2S/c1-13-8-10-20(11-9-13)23(21,22)17-7-3-6-16(19-17)14-4-2-5-15(18)12-14/h2-7,12-13H,8-11H2,1H3. The minimum Gasteiger partial charge on any atom is -0.235 e. The highest BCUT2D eigenvalue weighted by atomic mass is 32.2. The second-order valence-electron chi connectivity index (χ2n) is 5.96. The highest BCUT2D eigenvalue weighted by Crippen LogP contribution is 2.24. The first-order valence-corrected chi connectivity index (χ1v) is 9.14. The van der Waals surface area contributed by atoms with Crippen molar-refractivity contribution in [1.82, 2.24) is 9.29 Å². The lowest BCUT2D eigenvalue weighted by Crippen LogP contribution is -2.38. The van der Waals surface area contributed by atoms with Gasteiger partial charge in [-0.1, -0.05) is 25.1 Å². The van der Waals surface area contributed by atoms with E-state index < -0.39 is 10.0 Å². The van der Waals surface area contributed by atoms with E-state index in [9.17, 15) is 12.8 Å². The Morgan fingerprint density at radius 3 is 2.52 bits per heavy atom. The third-order valence-corrected chi connectivity index (χ3v) is 5.99. The molecule has 0 bridgehead atoms. The van der Waals surface area contributed by atoms with Crippen LogP contribution < -0.4 is 0 Å². The van der Waals surface area contributed by atoms with Crippen molar-refractivity contribution in [3.8, 4) is 11.3 Å². The van der Waals surface area contributed by atoms with Gasteiger partial charge in [0, 0.05) is 18.7 Å². The maximum atomic E-state index is 13.4. The Bertz CT molecular complexity index is 800. The first-order valence-electron chi connectivity index (χ1n) is 7.70. The van der Waals surface area contributed by atoms with Gasteiger partial charge in [-0.05, 0) is 43.0 Å². The summed E-state index contributed by atoms with van der Waals surface area (Å²) in [6.45, 7) is 3.18. The molecule has 0 N–H and O–H groups in total. The Kier molecular flexibility index (Phi) is 4.46. The van der Waals surface area contributed by atoms with Crippen LogP contribution in [0.25, 0.3) is 11.3 Å². The van der Waals surface area contributed by atoms with Crippen molar-refractivity contribution in [2.45, 2.75) is 24.8 Å². The first-order chi connectivity index (χ1) is 11.0. The fraction of sp³-hybridized carbons (Fsp3) is 0.353. The summed E-state index contributed by atoms with van der Waals surface area (Å²) in [6.07, 6.45) is 1.73. The number of sulfonamides is 1. The summed E-state index contributed by atoms with van der Waals surface area (Å²) in [4.78, 5) is 4.25. The number of benzene rings is 1. The number of halogens is 1. The normalized spacial score (nSPS) is 17.3. The molecule has 1 aromatic heterocycles. The lowest BCUT2D eigenvalue weighted by atomic mass is 10.0. The number of aromatic nitrogens is 1. The quantitative estimate of drug-likeness (QED) is 0.865. The number of rotatable bonds is 3. The molecule has 1 fully saturated rings. The zero-order valence-electron chi connectivity index (χ0n) is 12.9. The topological polar surface area (TPSA) is 50.3 Å². The molecule has 3 rings (SSSR count). The molecule has 0 saturated carbocycles. The average molecular weight is 334 g/mol. The van der Waals surface area contributed by atoms with Crippen LogP contribution in [-0.4, -0.2) is 30.8 Å². The number of pyridine rings is 1. The van der Waals surface area contributed by atoms with Crippen molar-refractivity contribution < 1.29 is 12.8 Å². The molecule has 1 aliphatic heterocycles. The van der Waals surface area contributed by atoms with Crippen LogP contribution in [0.15, 0.2) is 47.5 Å². The Hall–Kier alpha value is -1.79. The second-order valence-corrected chi connectivity index (χ2v) is 7.84. The Balaban J connectivity index is 1.93. The summed E-state index contributed by atoms with van der Waals surface area (Å²) >= 11 is 0. The molecule has 1 saturated heterocycles. The predicted molar refractivity (Wildman–Crippen MR) is 86.8 cm³/mol. The van der Waals surface area contributed by atoms with Crippen molar-refractivity contribution in [2.24, 2.45) is 5.92 Å². The Morgan fingerprint density at radius 2 is 1.83 bits per heavy atom. The van der Waals surface area contributed by atoms with Crippen molar-refractivity contribution in [3.05, 3.63) is 48.3 Å². The predicted octanol–water partition coefficient (Wildman–Crippen LogP) is 3.31. The van der Waals surface area contributed by atoms with E-state index >= 15 is 0 Å². The van der Waals surface area contributed by atoms with Crippen LogP contribution in [0.2, 0.25) is 0 Å². The van der Waals surface area contributed by atoms with Crippen LogP contribution in [0.1, 0.15) is 19.8 Å². The largest absolute Gasteiger partial charge is 0.260 e. The molecule has 0 unspecified atom stereocenters. The number of nitrogens with zero attached hydrogens (tertiary/aromatic N) is 2. The summed E-state index contributed by atoms with van der Waals surface area (Å²) in [5.74, 6) is 0.176. The molecule has 0 aliphatic carbocycles. The van der Waals surface area contributed by atoms with Crippen LogP contribution in [0.3, 0.4) is 0 Å². The van der Waals surface area contributed by atoms with Gasteiger partial charge in [0.1, 0.15) is 5.82 Å². The van der Waals surface area contributed by atoms with E-state index in [1.54, 1.807) is 24.3 Å². The van der Waals surface area contributed by atoms with E-state index in [1.165, 1.54) is 22.5 Å². The molecular formula is C17H19FN2O2S. The van der Waals surface area contributed by atoms with Gasteiger partial charge in [-0.3, -0.25) is 0 Å². The summed E-state index contributed by atoms with van der Waals surface area (Å²) in [5.41, 5.74) is 1.02. The minimum absolute atomic E-state index is 0.0221. The molecule has 1 aromatic carbocycles. The monoisotopic (exact) mass is 334 g/mol. The van der Waals surface area contributed by atoms with Crippen LogP contribution in [0.5, 0.6) is 0 Å². The van der Waals surface area contributed by atoms with Crippen molar-refractivity contribution in [1.29, 1.82) is 0 Å². The van der Waals surface area contributed by atoms with Gasteiger partial charge in [-0.25, -0.2) is 17.8 Å². The van der Waals surface area contributed by atoms with Gasteiger partial charge >= 0.3 is 0 Å². The molecule has 122 valence electrons. The molecule has 2 heterocycles. The van der Waals surface area contributed by atoms with Gasteiger partial charge < -0.3 is 0 Å². The third-order valence-electron chi connectivity index (χ3n) is 4.19. The molecule has 1 aliphatic rings. The smallest absolute Gasteiger partial charge is 0.235 e. The number of hydrogen-bond acceptors (Lipinski definition) is 3. The summed E-state index contributed by atoms with van der Waals surface area (Å²) in [7, 11) is -3.60. The maximum Gasteiger partial charge on any atom is 0.260 e. The Labute approximate surface area is 136 Å². The molecule has 4 nitrogen and oxygen atoms in total. The second kappa shape index (κ2) is 6.37. The molecule has 0 spiro atoms. The van der Waals surface area contributed by atoms with E-state index in [4.69, 9.17) is 0 Å². The summed E-state index contributed by atoms with van der Waals surface area (Å²) in [5, 5.41) is 0.0221. The third kappa shape index (κ3) is 3.43. The van der Waals surface area contributed by atoms with Crippen LogP contribution in [0, 0.1) is 11.7 Å². The highest BCUT2D eigenvalue weighted by molar-refractivity contribution is 7.89. The SMILES string of the molecule is CC1CCN(S(=O)(=O)c2cccc(-c3cccc(F)c3)n2)CC1. The molecule has 2 aromatic rings. The zero-order chi connectivity index (χ0) is 16.4. The summed E-state index contributed by atoms with van der Waals surface area (Å²) < 4.78 is 40.3. The number of hydrogen-bond donors (Lipinski definition) is 0. The number of piperidine rings is 1. The van der Waals surface area contributed by atoms with E-state index in [2.05, 4.69) is 11.9 Å². The molecule has 0 atom stereocenters. The first kappa shape index (κ1) is 16.1. The van der Waals surface area contributed by atoms with Gasteiger partial charge in [0.2, 0.25) is 0 Å². The molecular weight excluding hydrogens is 315 g/mol. The van der Waals surface area contributed by atoms with Crippen LogP contribution >= 0.6 is 0 Å². The van der Waals surface area contributed by atoms with Crippen molar-refractivity contribution >= 4 is 10.0 Å². The Morgan fingerprint density at radius 1 is 1.13 bits per heavy atom. The van der Waals surface area contributed by atoms with Gasteiger partial charge in [0.05, 0.1) is 5.69 Å². The fourth-order valence-corrected chi connectivity index (χ4v) is 4.14. The highest BCUT2D eigenvalue weighted by Gasteiger charge is 2.29.